The molecule has 7 heteroatoms. The molecule has 0 spiro atoms. The van der Waals surface area contributed by atoms with E-state index >= 15 is 0 Å². The van der Waals surface area contributed by atoms with Gasteiger partial charge in [-0.2, -0.15) is 0 Å². The van der Waals surface area contributed by atoms with Gasteiger partial charge in [-0.25, -0.2) is 4.98 Å². The van der Waals surface area contributed by atoms with Crippen LogP contribution in [0.3, 0.4) is 0 Å². The van der Waals surface area contributed by atoms with Gasteiger partial charge in [-0.05, 0) is 38.0 Å². The molecule has 2 heterocycles. The third kappa shape index (κ3) is 4.52. The Balaban J connectivity index is 1.61. The summed E-state index contributed by atoms with van der Waals surface area (Å²) in [5, 5.41) is 1.04. The van der Waals surface area contributed by atoms with Gasteiger partial charge in [0.05, 0.1) is 17.8 Å². The number of carbonyl (C=O) groups excluding carboxylic acids is 2. The number of hydrogen-bond donors (Lipinski definition) is 0. The predicted molar refractivity (Wildman–Crippen MR) is 110 cm³/mol. The first kappa shape index (κ1) is 20.3. The van der Waals surface area contributed by atoms with Gasteiger partial charge in [0.2, 0.25) is 0 Å². The van der Waals surface area contributed by atoms with Crippen LogP contribution in [0.15, 0.2) is 24.3 Å². The molecule has 1 aliphatic heterocycles. The van der Waals surface area contributed by atoms with Crippen LogP contribution in [0, 0.1) is 6.92 Å². The third-order valence-corrected chi connectivity index (χ3v) is 6.16. The number of benzene rings is 1. The average molecular weight is 402 g/mol. The lowest BCUT2D eigenvalue weighted by molar-refractivity contribution is 0.0537. The maximum absolute atomic E-state index is 12.9. The number of aryl methyl sites for hydroxylation is 2. The molecule has 150 valence electrons. The van der Waals surface area contributed by atoms with Crippen LogP contribution in [-0.2, 0) is 6.42 Å². The first-order valence-electron chi connectivity index (χ1n) is 9.72. The number of piperazine rings is 1. The third-order valence-electron chi connectivity index (χ3n) is 4.95. The number of methoxy groups -OCH3 is 1. The molecule has 1 fully saturated rings. The van der Waals surface area contributed by atoms with Crippen molar-refractivity contribution in [3.05, 3.63) is 45.4 Å². The molecular formula is C21H27N3O3S. The Morgan fingerprint density at radius 1 is 1.14 bits per heavy atom. The van der Waals surface area contributed by atoms with Crippen LogP contribution in [0.2, 0.25) is 0 Å². The Hall–Kier alpha value is -2.41. The fourth-order valence-electron chi connectivity index (χ4n) is 3.28. The van der Waals surface area contributed by atoms with Gasteiger partial charge in [0.1, 0.15) is 10.6 Å². The van der Waals surface area contributed by atoms with Gasteiger partial charge in [0.25, 0.3) is 11.8 Å². The Morgan fingerprint density at radius 2 is 1.82 bits per heavy atom. The fourth-order valence-corrected chi connectivity index (χ4v) is 4.35. The maximum atomic E-state index is 12.9. The molecule has 1 saturated heterocycles. The SMILES string of the molecule is CCCCc1nc(C)c(C(=O)N2CCN(C(=O)c3cccc(OC)c3)CC2)s1. The number of carbonyl (C=O) groups is 2. The molecular weight excluding hydrogens is 374 g/mol. The van der Waals surface area contributed by atoms with Gasteiger partial charge in [0, 0.05) is 31.7 Å². The van der Waals surface area contributed by atoms with Crippen molar-refractivity contribution in [2.24, 2.45) is 0 Å². The van der Waals surface area contributed by atoms with E-state index in [9.17, 15) is 9.59 Å². The van der Waals surface area contributed by atoms with E-state index in [1.165, 1.54) is 11.3 Å². The summed E-state index contributed by atoms with van der Waals surface area (Å²) in [4.78, 5) is 34.6. The van der Waals surface area contributed by atoms with E-state index in [1.54, 1.807) is 24.1 Å². The number of amides is 2. The predicted octanol–water partition coefficient (Wildman–Crippen LogP) is 3.40. The van der Waals surface area contributed by atoms with Crippen molar-refractivity contribution < 1.29 is 14.3 Å². The number of aromatic nitrogens is 1. The highest BCUT2D eigenvalue weighted by Crippen LogP contribution is 2.23. The van der Waals surface area contributed by atoms with E-state index in [0.717, 1.165) is 34.8 Å². The number of thiazole rings is 1. The lowest BCUT2D eigenvalue weighted by Gasteiger charge is -2.34. The molecule has 0 atom stereocenters. The number of unbranched alkanes of at least 4 members (excludes halogenated alkanes) is 1. The van der Waals surface area contributed by atoms with Gasteiger partial charge >= 0.3 is 0 Å². The average Bonchev–Trinajstić information content (AvgIpc) is 3.11. The molecule has 1 aromatic carbocycles. The number of rotatable bonds is 6. The fraction of sp³-hybridized carbons (Fsp3) is 0.476. The van der Waals surface area contributed by atoms with Gasteiger partial charge in [-0.1, -0.05) is 19.4 Å². The normalized spacial score (nSPS) is 14.2. The molecule has 0 radical (unpaired) electrons. The van der Waals surface area contributed by atoms with Gasteiger partial charge in [0.15, 0.2) is 0 Å². The molecule has 0 unspecified atom stereocenters. The second-order valence-electron chi connectivity index (χ2n) is 6.94. The lowest BCUT2D eigenvalue weighted by Crippen LogP contribution is -2.50. The summed E-state index contributed by atoms with van der Waals surface area (Å²) >= 11 is 1.51. The van der Waals surface area contributed by atoms with Crippen molar-refractivity contribution in [2.75, 3.05) is 33.3 Å². The first-order chi connectivity index (χ1) is 13.5. The summed E-state index contributed by atoms with van der Waals surface area (Å²) in [5.74, 6) is 0.673. The molecule has 0 aliphatic carbocycles. The quantitative estimate of drug-likeness (QED) is 0.744. The lowest BCUT2D eigenvalue weighted by atomic mass is 10.1. The first-order valence-corrected chi connectivity index (χ1v) is 10.5. The maximum Gasteiger partial charge on any atom is 0.265 e. The topological polar surface area (TPSA) is 62.7 Å². The smallest absolute Gasteiger partial charge is 0.265 e. The van der Waals surface area contributed by atoms with Crippen molar-refractivity contribution >= 4 is 23.2 Å². The van der Waals surface area contributed by atoms with Crippen LogP contribution in [-0.4, -0.2) is 59.9 Å². The van der Waals surface area contributed by atoms with Crippen LogP contribution in [0.25, 0.3) is 0 Å². The Morgan fingerprint density at radius 3 is 2.46 bits per heavy atom. The summed E-state index contributed by atoms with van der Waals surface area (Å²) < 4.78 is 5.20. The van der Waals surface area contributed by atoms with Gasteiger partial charge < -0.3 is 14.5 Å². The second kappa shape index (κ2) is 9.19. The minimum Gasteiger partial charge on any atom is -0.497 e. The molecule has 0 bridgehead atoms. The summed E-state index contributed by atoms with van der Waals surface area (Å²) in [6.07, 6.45) is 3.13. The zero-order valence-electron chi connectivity index (χ0n) is 16.7. The van der Waals surface area contributed by atoms with Crippen molar-refractivity contribution in [3.8, 4) is 5.75 Å². The summed E-state index contributed by atoms with van der Waals surface area (Å²) in [5.41, 5.74) is 1.42. The zero-order chi connectivity index (χ0) is 20.1. The van der Waals surface area contributed by atoms with Crippen LogP contribution in [0.1, 0.15) is 50.5 Å². The Kier molecular flexibility index (Phi) is 6.67. The number of nitrogens with zero attached hydrogens (tertiary/aromatic N) is 3. The van der Waals surface area contributed by atoms with E-state index in [0.29, 0.717) is 37.5 Å². The monoisotopic (exact) mass is 401 g/mol. The molecule has 1 aromatic heterocycles. The molecule has 28 heavy (non-hydrogen) atoms. The Labute approximate surface area is 170 Å². The van der Waals surface area contributed by atoms with E-state index in [1.807, 2.05) is 24.0 Å². The largest absolute Gasteiger partial charge is 0.497 e. The van der Waals surface area contributed by atoms with E-state index in [4.69, 9.17) is 4.74 Å². The van der Waals surface area contributed by atoms with Crippen molar-refractivity contribution in [1.29, 1.82) is 0 Å². The molecule has 3 rings (SSSR count). The molecule has 0 saturated carbocycles. The molecule has 1 aliphatic rings. The highest BCUT2D eigenvalue weighted by atomic mass is 32.1. The highest BCUT2D eigenvalue weighted by molar-refractivity contribution is 7.13. The van der Waals surface area contributed by atoms with Crippen molar-refractivity contribution in [3.63, 3.8) is 0 Å². The van der Waals surface area contributed by atoms with Crippen molar-refractivity contribution in [2.45, 2.75) is 33.1 Å². The van der Waals surface area contributed by atoms with E-state index in [2.05, 4.69) is 11.9 Å². The van der Waals surface area contributed by atoms with E-state index in [-0.39, 0.29) is 11.8 Å². The summed E-state index contributed by atoms with van der Waals surface area (Å²) in [6, 6.07) is 7.17. The van der Waals surface area contributed by atoms with E-state index < -0.39 is 0 Å². The minimum atomic E-state index is -0.0261. The number of hydrogen-bond acceptors (Lipinski definition) is 5. The zero-order valence-corrected chi connectivity index (χ0v) is 17.6. The standard InChI is InChI=1S/C21H27N3O3S/c1-4-5-9-18-22-15(2)19(28-18)21(26)24-12-10-23(11-13-24)20(25)16-7-6-8-17(14-16)27-3/h6-8,14H,4-5,9-13H2,1-3H3. The molecule has 6 nitrogen and oxygen atoms in total. The van der Waals surface area contributed by atoms with Crippen LogP contribution in [0.5, 0.6) is 5.75 Å². The molecule has 0 N–H and O–H groups in total. The van der Waals surface area contributed by atoms with Crippen LogP contribution < -0.4 is 4.74 Å². The molecule has 2 aromatic rings. The summed E-state index contributed by atoms with van der Waals surface area (Å²) in [7, 11) is 1.59. The highest BCUT2D eigenvalue weighted by Gasteiger charge is 2.27. The Bertz CT molecular complexity index is 841. The number of ether oxygens (including phenoxy) is 1. The van der Waals surface area contributed by atoms with Gasteiger partial charge in [-0.3, -0.25) is 9.59 Å². The molecule has 2 amide bonds. The van der Waals surface area contributed by atoms with Gasteiger partial charge in [-0.15, -0.1) is 11.3 Å². The van der Waals surface area contributed by atoms with Crippen molar-refractivity contribution in [1.82, 2.24) is 14.8 Å². The van der Waals surface area contributed by atoms with Crippen LogP contribution >= 0.6 is 11.3 Å². The summed E-state index contributed by atoms with van der Waals surface area (Å²) in [6.45, 7) is 6.19. The minimum absolute atomic E-state index is 0.0261. The van der Waals surface area contributed by atoms with Crippen LogP contribution in [0.4, 0.5) is 0 Å². The second-order valence-corrected chi connectivity index (χ2v) is 8.03.